The summed E-state index contributed by atoms with van der Waals surface area (Å²) in [6, 6.07) is 24.7. The second kappa shape index (κ2) is 21.1. The SMILES string of the molecule is CCOC(=O)[C@H](CC(C)C)NC(=O)CC[C@@H]1C[C@@H](OC(=O)NCc2ccc3c(c2)OCO3)C[C@@]2(CCC[C@H](COC(=O)NCC(c3ccccc3)c3ccccc3)O2)O1. The van der Waals surface area contributed by atoms with E-state index in [1.807, 2.05) is 86.6 Å². The summed E-state index contributed by atoms with van der Waals surface area (Å²) in [4.78, 5) is 52.0. The Labute approximate surface area is 345 Å². The van der Waals surface area contributed by atoms with Crippen LogP contribution in [0.2, 0.25) is 0 Å². The lowest BCUT2D eigenvalue weighted by atomic mass is 9.90. The Hall–Kier alpha value is -5.34. The number of hydrogen-bond donors (Lipinski definition) is 3. The Morgan fingerprint density at radius 1 is 0.847 bits per heavy atom. The van der Waals surface area contributed by atoms with Gasteiger partial charge in [-0.3, -0.25) is 4.79 Å². The van der Waals surface area contributed by atoms with Gasteiger partial charge in [0, 0.05) is 44.7 Å². The molecule has 3 aromatic carbocycles. The van der Waals surface area contributed by atoms with Crippen LogP contribution in [-0.2, 0) is 39.8 Å². The van der Waals surface area contributed by atoms with Crippen LogP contribution in [0.5, 0.6) is 11.5 Å². The van der Waals surface area contributed by atoms with Crippen molar-refractivity contribution in [3.05, 3.63) is 95.6 Å². The zero-order valence-electron chi connectivity index (χ0n) is 34.2. The van der Waals surface area contributed by atoms with Gasteiger partial charge < -0.3 is 49.1 Å². The van der Waals surface area contributed by atoms with E-state index in [4.69, 9.17) is 33.2 Å². The van der Waals surface area contributed by atoms with Gasteiger partial charge in [0.15, 0.2) is 17.3 Å². The first-order valence-corrected chi connectivity index (χ1v) is 20.7. The van der Waals surface area contributed by atoms with Gasteiger partial charge in [0.25, 0.3) is 0 Å². The number of nitrogens with one attached hydrogen (secondary N) is 3. The van der Waals surface area contributed by atoms with Gasteiger partial charge in [-0.05, 0) is 67.3 Å². The molecule has 3 aliphatic heterocycles. The third-order valence-corrected chi connectivity index (χ3v) is 10.6. The van der Waals surface area contributed by atoms with E-state index in [1.165, 1.54) is 0 Å². The van der Waals surface area contributed by atoms with E-state index in [2.05, 4.69) is 16.0 Å². The number of hydrogen-bond acceptors (Lipinski definition) is 11. The van der Waals surface area contributed by atoms with E-state index >= 15 is 0 Å². The predicted octanol–water partition coefficient (Wildman–Crippen LogP) is 6.89. The number of amides is 3. The summed E-state index contributed by atoms with van der Waals surface area (Å²) in [6.45, 7) is 6.59. The molecule has 3 aromatic rings. The maximum absolute atomic E-state index is 13.2. The van der Waals surface area contributed by atoms with Crippen molar-refractivity contribution in [3.8, 4) is 11.5 Å². The number of benzene rings is 3. The smallest absolute Gasteiger partial charge is 0.407 e. The molecule has 3 N–H and O–H groups in total. The number of esters is 1. The van der Waals surface area contributed by atoms with E-state index in [1.54, 1.807) is 13.0 Å². The van der Waals surface area contributed by atoms with Crippen LogP contribution in [0.3, 0.4) is 0 Å². The second-order valence-corrected chi connectivity index (χ2v) is 15.7. The highest BCUT2D eigenvalue weighted by Crippen LogP contribution is 2.41. The molecular formula is C45H57N3O11. The zero-order chi connectivity index (χ0) is 41.6. The van der Waals surface area contributed by atoms with Crippen molar-refractivity contribution >= 4 is 24.1 Å². The van der Waals surface area contributed by atoms with Crippen molar-refractivity contribution in [2.75, 3.05) is 26.6 Å². The largest absolute Gasteiger partial charge is 0.464 e. The van der Waals surface area contributed by atoms with Gasteiger partial charge in [-0.15, -0.1) is 0 Å². The van der Waals surface area contributed by atoms with Crippen LogP contribution in [0.1, 0.15) is 94.7 Å². The van der Waals surface area contributed by atoms with Gasteiger partial charge in [-0.1, -0.05) is 80.6 Å². The number of alkyl carbamates (subject to hydrolysis) is 2. The fourth-order valence-electron chi connectivity index (χ4n) is 7.87. The number of carbonyl (C=O) groups is 4. The summed E-state index contributed by atoms with van der Waals surface area (Å²) in [7, 11) is 0. The molecule has 2 saturated heterocycles. The minimum Gasteiger partial charge on any atom is -0.464 e. The van der Waals surface area contributed by atoms with Crippen molar-refractivity contribution in [1.82, 2.24) is 16.0 Å². The number of fused-ring (bicyclic) bond motifs is 1. The third kappa shape index (κ3) is 12.8. The predicted molar refractivity (Wildman–Crippen MR) is 217 cm³/mol. The van der Waals surface area contributed by atoms with Crippen molar-refractivity contribution in [1.29, 1.82) is 0 Å². The van der Waals surface area contributed by atoms with Crippen LogP contribution < -0.4 is 25.4 Å². The molecular weight excluding hydrogens is 759 g/mol. The number of carbonyl (C=O) groups excluding carboxylic acids is 4. The highest BCUT2D eigenvalue weighted by molar-refractivity contribution is 5.84. The first-order chi connectivity index (χ1) is 28.6. The number of ether oxygens (including phenoxy) is 7. The fraction of sp³-hybridized carbons (Fsp3) is 0.511. The first kappa shape index (κ1) is 43.2. The summed E-state index contributed by atoms with van der Waals surface area (Å²) >= 11 is 0. The molecule has 0 saturated carbocycles. The molecule has 3 heterocycles. The van der Waals surface area contributed by atoms with Crippen LogP contribution in [-0.4, -0.2) is 80.8 Å². The van der Waals surface area contributed by atoms with Gasteiger partial charge in [-0.2, -0.15) is 0 Å². The number of rotatable bonds is 17. The van der Waals surface area contributed by atoms with Crippen LogP contribution in [0.4, 0.5) is 9.59 Å². The molecule has 3 aliphatic rings. The molecule has 5 atom stereocenters. The minimum absolute atomic E-state index is 0.00199. The van der Waals surface area contributed by atoms with Gasteiger partial charge >= 0.3 is 18.2 Å². The van der Waals surface area contributed by atoms with Crippen LogP contribution >= 0.6 is 0 Å². The molecule has 0 unspecified atom stereocenters. The maximum atomic E-state index is 13.2. The van der Waals surface area contributed by atoms with Crippen molar-refractivity contribution < 1.29 is 52.3 Å². The molecule has 318 valence electrons. The van der Waals surface area contributed by atoms with Gasteiger partial charge in [0.2, 0.25) is 12.7 Å². The monoisotopic (exact) mass is 815 g/mol. The van der Waals surface area contributed by atoms with Crippen molar-refractivity contribution in [3.63, 3.8) is 0 Å². The Morgan fingerprint density at radius 3 is 2.27 bits per heavy atom. The average Bonchev–Trinajstić information content (AvgIpc) is 3.70. The van der Waals surface area contributed by atoms with Gasteiger partial charge in [0.1, 0.15) is 18.8 Å². The van der Waals surface area contributed by atoms with E-state index in [0.29, 0.717) is 56.6 Å². The van der Waals surface area contributed by atoms with Crippen molar-refractivity contribution in [2.24, 2.45) is 5.92 Å². The van der Waals surface area contributed by atoms with E-state index in [-0.39, 0.29) is 57.1 Å². The summed E-state index contributed by atoms with van der Waals surface area (Å²) < 4.78 is 40.9. The lowest BCUT2D eigenvalue weighted by Gasteiger charge is -2.47. The second-order valence-electron chi connectivity index (χ2n) is 15.7. The summed E-state index contributed by atoms with van der Waals surface area (Å²) in [6.07, 6.45) is 0.507. The topological polar surface area (TPSA) is 169 Å². The minimum atomic E-state index is -1.14. The van der Waals surface area contributed by atoms with Gasteiger partial charge in [0.05, 0.1) is 18.8 Å². The average molecular weight is 816 g/mol. The van der Waals surface area contributed by atoms with Gasteiger partial charge in [-0.25, -0.2) is 14.4 Å². The lowest BCUT2D eigenvalue weighted by Crippen LogP contribution is -2.54. The fourth-order valence-corrected chi connectivity index (χ4v) is 7.87. The summed E-state index contributed by atoms with van der Waals surface area (Å²) in [5.41, 5.74) is 2.96. The molecule has 59 heavy (non-hydrogen) atoms. The zero-order valence-corrected chi connectivity index (χ0v) is 34.2. The molecule has 2 fully saturated rings. The Bertz CT molecular complexity index is 1810. The van der Waals surface area contributed by atoms with E-state index in [9.17, 15) is 19.2 Å². The van der Waals surface area contributed by atoms with E-state index in [0.717, 1.165) is 16.7 Å². The molecule has 14 nitrogen and oxygen atoms in total. The maximum Gasteiger partial charge on any atom is 0.407 e. The van der Waals surface area contributed by atoms with E-state index < -0.39 is 48.3 Å². The highest BCUT2D eigenvalue weighted by Gasteiger charge is 2.47. The van der Waals surface area contributed by atoms with Crippen LogP contribution in [0.15, 0.2) is 78.9 Å². The van der Waals surface area contributed by atoms with Crippen LogP contribution in [0.25, 0.3) is 0 Å². The molecule has 14 heteroatoms. The summed E-state index contributed by atoms with van der Waals surface area (Å²) in [5, 5.41) is 8.59. The Kier molecular flexibility index (Phi) is 15.4. The highest BCUT2D eigenvalue weighted by atomic mass is 16.7. The standard InChI is InChI=1S/C45H57N3O11/c1-4-53-42(50)38(22-30(2)3)48-41(49)20-18-34-24-36(57-44(52)46-26-31-17-19-39-40(23-31)56-29-55-39)25-45(58-34)21-11-16-35(59-45)28-54-43(51)47-27-37(32-12-7-5-8-13-32)33-14-9-6-10-15-33/h5-10,12-15,17,19,23,30,34-38H,4,11,16,18,20-22,24-29H2,1-3H3,(H,46,52)(H,47,51)(H,48,49)/t34-,35-,36-,38+,45+/m1/s1. The quantitative estimate of drug-likeness (QED) is 0.0959. The Morgan fingerprint density at radius 2 is 1.56 bits per heavy atom. The van der Waals surface area contributed by atoms with Crippen LogP contribution in [0, 0.1) is 5.92 Å². The normalized spacial score (nSPS) is 21.4. The molecule has 0 radical (unpaired) electrons. The molecule has 0 bridgehead atoms. The Balaban J connectivity index is 1.07. The molecule has 0 aromatic heterocycles. The van der Waals surface area contributed by atoms with Crippen molar-refractivity contribution in [2.45, 2.75) is 115 Å². The molecule has 0 aliphatic carbocycles. The molecule has 3 amide bonds. The lowest BCUT2D eigenvalue weighted by molar-refractivity contribution is -0.329. The molecule has 6 rings (SSSR count). The summed E-state index contributed by atoms with van der Waals surface area (Å²) in [5.74, 6) is -0.555. The third-order valence-electron chi connectivity index (χ3n) is 10.6. The first-order valence-electron chi connectivity index (χ1n) is 20.7. The molecule has 1 spiro atoms.